The minimum absolute atomic E-state index is 0.268. The highest BCUT2D eigenvalue weighted by Gasteiger charge is 2.48. The Hall–Kier alpha value is -0.580. The van der Waals surface area contributed by atoms with Crippen molar-refractivity contribution in [2.75, 3.05) is 18.5 Å². The Bertz CT molecular complexity index is 286. The monoisotopic (exact) mass is 350 g/mol. The van der Waals surface area contributed by atoms with Gasteiger partial charge in [-0.05, 0) is 32.6 Å². The van der Waals surface area contributed by atoms with E-state index in [4.69, 9.17) is 9.47 Å². The first-order valence-electron chi connectivity index (χ1n) is 7.38. The van der Waals surface area contributed by atoms with Crippen LogP contribution in [0.2, 0.25) is 0 Å². The van der Waals surface area contributed by atoms with Gasteiger partial charge in [-0.15, -0.1) is 0 Å². The lowest BCUT2D eigenvalue weighted by molar-refractivity contribution is -0.174. The summed E-state index contributed by atoms with van der Waals surface area (Å²) in [4.78, 5) is 24.7. The molecule has 0 heterocycles. The largest absolute Gasteiger partial charge is 0.465 e. The number of alkyl halides is 1. The summed E-state index contributed by atoms with van der Waals surface area (Å²) >= 11 is 3.34. The van der Waals surface area contributed by atoms with Gasteiger partial charge in [-0.25, -0.2) is 0 Å². The summed E-state index contributed by atoms with van der Waals surface area (Å²) in [5, 5.41) is 0.559. The number of carbonyl (C=O) groups is 2. The zero-order chi connectivity index (χ0) is 15.6. The Kier molecular flexibility index (Phi) is 9.90. The van der Waals surface area contributed by atoms with Gasteiger partial charge in [0.15, 0.2) is 5.41 Å². The lowest BCUT2D eigenvalue weighted by Crippen LogP contribution is -2.43. The molecule has 0 saturated heterocycles. The predicted molar refractivity (Wildman–Crippen MR) is 82.8 cm³/mol. The van der Waals surface area contributed by atoms with E-state index in [-0.39, 0.29) is 19.1 Å². The molecule has 0 aromatic carbocycles. The molecule has 4 nitrogen and oxygen atoms in total. The molecule has 0 unspecified atom stereocenters. The van der Waals surface area contributed by atoms with Crippen LogP contribution < -0.4 is 0 Å². The minimum Gasteiger partial charge on any atom is -0.465 e. The van der Waals surface area contributed by atoms with Crippen LogP contribution in [0.5, 0.6) is 0 Å². The van der Waals surface area contributed by atoms with E-state index >= 15 is 0 Å². The predicted octanol–water partition coefficient (Wildman–Crippen LogP) is 3.71. The van der Waals surface area contributed by atoms with Crippen molar-refractivity contribution < 1.29 is 19.1 Å². The van der Waals surface area contributed by atoms with Gasteiger partial charge in [-0.2, -0.15) is 0 Å². The molecule has 0 aliphatic heterocycles. The third-order valence-corrected chi connectivity index (χ3v) is 3.73. The molecular formula is C15H27BrO4. The lowest BCUT2D eigenvalue weighted by Gasteiger charge is -2.31. The van der Waals surface area contributed by atoms with Gasteiger partial charge >= 0.3 is 11.9 Å². The number of hydrogen-bond acceptors (Lipinski definition) is 4. The number of carbonyl (C=O) groups excluding carboxylic acids is 2. The van der Waals surface area contributed by atoms with Crippen molar-refractivity contribution in [1.29, 1.82) is 0 Å². The van der Waals surface area contributed by atoms with Crippen molar-refractivity contribution in [3.63, 3.8) is 0 Å². The fraction of sp³-hybridized carbons (Fsp3) is 0.867. The second-order valence-electron chi connectivity index (χ2n) is 5.06. The van der Waals surface area contributed by atoms with Gasteiger partial charge in [0.25, 0.3) is 0 Å². The quantitative estimate of drug-likeness (QED) is 0.342. The van der Waals surface area contributed by atoms with Crippen molar-refractivity contribution in [3.05, 3.63) is 0 Å². The van der Waals surface area contributed by atoms with Gasteiger partial charge in [0.1, 0.15) is 0 Å². The molecule has 0 N–H and O–H groups in total. The van der Waals surface area contributed by atoms with Crippen LogP contribution in [0.25, 0.3) is 0 Å². The molecule has 0 aromatic rings. The topological polar surface area (TPSA) is 52.6 Å². The molecule has 0 aliphatic carbocycles. The molecule has 0 radical (unpaired) electrons. The van der Waals surface area contributed by atoms with Gasteiger partial charge < -0.3 is 9.47 Å². The van der Waals surface area contributed by atoms with Crippen molar-refractivity contribution in [1.82, 2.24) is 0 Å². The molecular weight excluding hydrogens is 324 g/mol. The Morgan fingerprint density at radius 3 is 1.95 bits per heavy atom. The van der Waals surface area contributed by atoms with Crippen LogP contribution in [0, 0.1) is 11.3 Å². The van der Waals surface area contributed by atoms with E-state index in [9.17, 15) is 9.59 Å². The molecule has 0 aliphatic rings. The number of rotatable bonds is 10. The fourth-order valence-electron chi connectivity index (χ4n) is 2.45. The highest BCUT2D eigenvalue weighted by Crippen LogP contribution is 2.36. The van der Waals surface area contributed by atoms with E-state index in [1.807, 2.05) is 0 Å². The van der Waals surface area contributed by atoms with Crippen LogP contribution in [0.4, 0.5) is 0 Å². The SMILES string of the molecule is CCC[C@@H](C)CC(CCBr)(C(=O)OCC)C(=O)OCC. The highest BCUT2D eigenvalue weighted by atomic mass is 79.9. The van der Waals surface area contributed by atoms with Crippen LogP contribution in [0.1, 0.15) is 53.4 Å². The first-order valence-corrected chi connectivity index (χ1v) is 8.50. The van der Waals surface area contributed by atoms with E-state index in [1.165, 1.54) is 0 Å². The van der Waals surface area contributed by atoms with E-state index in [2.05, 4.69) is 29.8 Å². The summed E-state index contributed by atoms with van der Waals surface area (Å²) in [5.41, 5.74) is -1.18. The van der Waals surface area contributed by atoms with Crippen molar-refractivity contribution in [2.24, 2.45) is 11.3 Å². The van der Waals surface area contributed by atoms with Crippen LogP contribution in [0.3, 0.4) is 0 Å². The maximum Gasteiger partial charge on any atom is 0.323 e. The number of ether oxygens (including phenoxy) is 2. The number of esters is 2. The number of hydrogen-bond donors (Lipinski definition) is 0. The lowest BCUT2D eigenvalue weighted by atomic mass is 9.76. The Balaban J connectivity index is 5.30. The molecule has 5 heteroatoms. The van der Waals surface area contributed by atoms with Gasteiger partial charge in [0.05, 0.1) is 13.2 Å². The van der Waals surface area contributed by atoms with Crippen molar-refractivity contribution in [2.45, 2.75) is 53.4 Å². The third-order valence-electron chi connectivity index (χ3n) is 3.33. The Morgan fingerprint density at radius 2 is 1.60 bits per heavy atom. The smallest absolute Gasteiger partial charge is 0.323 e. The average Bonchev–Trinajstić information content (AvgIpc) is 2.38. The van der Waals surface area contributed by atoms with Gasteiger partial charge in [-0.3, -0.25) is 9.59 Å². The molecule has 0 aromatic heterocycles. The summed E-state index contributed by atoms with van der Waals surface area (Å²) < 4.78 is 10.3. The molecule has 20 heavy (non-hydrogen) atoms. The summed E-state index contributed by atoms with van der Waals surface area (Å²) in [6, 6.07) is 0. The molecule has 0 saturated carbocycles. The van der Waals surface area contributed by atoms with E-state index in [0.717, 1.165) is 12.8 Å². The summed E-state index contributed by atoms with van der Waals surface area (Å²) in [6.45, 7) is 8.19. The van der Waals surface area contributed by atoms with Gasteiger partial charge in [-0.1, -0.05) is 42.6 Å². The van der Waals surface area contributed by atoms with Crippen molar-refractivity contribution >= 4 is 27.9 Å². The summed E-state index contributed by atoms with van der Waals surface area (Å²) in [6.07, 6.45) is 2.88. The zero-order valence-electron chi connectivity index (χ0n) is 13.0. The summed E-state index contributed by atoms with van der Waals surface area (Å²) in [5.74, 6) is -0.644. The molecule has 1 atom stereocenters. The van der Waals surface area contributed by atoms with Gasteiger partial charge in [0.2, 0.25) is 0 Å². The van der Waals surface area contributed by atoms with Crippen LogP contribution in [0.15, 0.2) is 0 Å². The molecule has 0 fully saturated rings. The molecule has 118 valence electrons. The maximum atomic E-state index is 12.4. The molecule has 0 rings (SSSR count). The fourth-order valence-corrected chi connectivity index (χ4v) is 3.12. The second kappa shape index (κ2) is 10.2. The van der Waals surface area contributed by atoms with Crippen LogP contribution in [-0.2, 0) is 19.1 Å². The second-order valence-corrected chi connectivity index (χ2v) is 5.85. The van der Waals surface area contributed by atoms with E-state index < -0.39 is 17.4 Å². The number of halogens is 1. The molecule has 0 amide bonds. The standard InChI is InChI=1S/C15H27BrO4/c1-5-8-12(4)11-15(9-10-16,13(17)19-6-2)14(18)20-7-3/h12H,5-11H2,1-4H3/t12-/m1/s1. The van der Waals surface area contributed by atoms with Gasteiger partial charge in [0, 0.05) is 5.33 Å². The van der Waals surface area contributed by atoms with E-state index in [0.29, 0.717) is 18.2 Å². The zero-order valence-corrected chi connectivity index (χ0v) is 14.6. The van der Waals surface area contributed by atoms with E-state index in [1.54, 1.807) is 13.8 Å². The summed E-state index contributed by atoms with van der Waals surface area (Å²) in [7, 11) is 0. The Morgan fingerprint density at radius 1 is 1.10 bits per heavy atom. The third kappa shape index (κ3) is 5.43. The molecule has 0 spiro atoms. The molecule has 0 bridgehead atoms. The van der Waals surface area contributed by atoms with Crippen molar-refractivity contribution in [3.8, 4) is 0 Å². The van der Waals surface area contributed by atoms with Crippen LogP contribution in [-0.4, -0.2) is 30.5 Å². The maximum absolute atomic E-state index is 12.4. The average molecular weight is 351 g/mol. The first kappa shape index (κ1) is 19.4. The highest BCUT2D eigenvalue weighted by molar-refractivity contribution is 9.09. The minimum atomic E-state index is -1.18. The van der Waals surface area contributed by atoms with Crippen LogP contribution >= 0.6 is 15.9 Å². The first-order chi connectivity index (χ1) is 9.48. The Labute approximate surface area is 130 Å². The normalized spacial score (nSPS) is 12.8.